The van der Waals surface area contributed by atoms with Crippen LogP contribution >= 0.6 is 0 Å². The lowest BCUT2D eigenvalue weighted by molar-refractivity contribution is -0.118. The highest BCUT2D eigenvalue weighted by Crippen LogP contribution is 2.24. The zero-order chi connectivity index (χ0) is 15.5. The first-order valence-electron chi connectivity index (χ1n) is 6.29. The first-order valence-corrected chi connectivity index (χ1v) is 7.73. The van der Waals surface area contributed by atoms with Crippen molar-refractivity contribution in [3.8, 4) is 0 Å². The number of benzene rings is 1. The van der Waals surface area contributed by atoms with Gasteiger partial charge in [-0.25, -0.2) is 8.42 Å². The molecular formula is C13H21N3O3S. The number of nitrogens with two attached hydrogens (primary N) is 2. The summed E-state index contributed by atoms with van der Waals surface area (Å²) in [5, 5.41) is 0. The zero-order valence-corrected chi connectivity index (χ0v) is 12.8. The molecule has 112 valence electrons. The summed E-state index contributed by atoms with van der Waals surface area (Å²) in [7, 11) is -3.83. The molecule has 0 saturated heterocycles. The monoisotopic (exact) mass is 299 g/mol. The molecule has 0 aliphatic carbocycles. The largest absolute Gasteiger partial charge is 0.398 e. The molecule has 1 aromatic rings. The molecule has 0 atom stereocenters. The van der Waals surface area contributed by atoms with Gasteiger partial charge in [-0.3, -0.25) is 4.79 Å². The third-order valence-electron chi connectivity index (χ3n) is 2.68. The van der Waals surface area contributed by atoms with Crippen LogP contribution < -0.4 is 11.5 Å². The lowest BCUT2D eigenvalue weighted by Gasteiger charge is -2.23. The minimum absolute atomic E-state index is 0.00463. The van der Waals surface area contributed by atoms with Gasteiger partial charge in [0.2, 0.25) is 15.9 Å². The summed E-state index contributed by atoms with van der Waals surface area (Å²) >= 11 is 0. The fraction of sp³-hybridized carbons (Fsp3) is 0.462. The predicted molar refractivity (Wildman–Crippen MR) is 78.4 cm³/mol. The number of primary amides is 1. The molecule has 0 radical (unpaired) electrons. The number of rotatable bonds is 6. The van der Waals surface area contributed by atoms with Crippen molar-refractivity contribution in [1.29, 1.82) is 0 Å². The summed E-state index contributed by atoms with van der Waals surface area (Å²) < 4.78 is 26.2. The number of nitrogens with zero attached hydrogens (tertiary/aromatic N) is 1. The highest BCUT2D eigenvalue weighted by molar-refractivity contribution is 7.89. The van der Waals surface area contributed by atoms with Crippen LogP contribution in [0, 0.1) is 12.8 Å². The Hall–Kier alpha value is -1.60. The molecule has 0 fully saturated rings. The standard InChI is InChI=1S/C13H21N3O3S/c1-9(2)7-16(8-13(15)17)20(18,19)12-5-4-10(3)6-11(12)14/h4-6,9H,7-8,14H2,1-3H3,(H2,15,17). The van der Waals surface area contributed by atoms with Gasteiger partial charge in [-0.15, -0.1) is 0 Å². The van der Waals surface area contributed by atoms with Crippen molar-refractivity contribution in [3.63, 3.8) is 0 Å². The summed E-state index contributed by atoms with van der Waals surface area (Å²) in [5.74, 6) is -0.629. The summed E-state index contributed by atoms with van der Waals surface area (Å²) in [6, 6.07) is 4.71. The Bertz CT molecular complexity index is 597. The maximum absolute atomic E-state index is 12.6. The summed E-state index contributed by atoms with van der Waals surface area (Å²) in [6.07, 6.45) is 0. The molecule has 20 heavy (non-hydrogen) atoms. The minimum atomic E-state index is -3.83. The first-order chi connectivity index (χ1) is 9.14. The van der Waals surface area contributed by atoms with E-state index in [2.05, 4.69) is 0 Å². The number of carbonyl (C=O) groups is 1. The van der Waals surface area contributed by atoms with Gasteiger partial charge >= 0.3 is 0 Å². The zero-order valence-electron chi connectivity index (χ0n) is 12.0. The number of sulfonamides is 1. The average Bonchev–Trinajstić information content (AvgIpc) is 2.26. The Labute approximate surface area is 119 Å². The van der Waals surface area contributed by atoms with E-state index in [0.717, 1.165) is 9.87 Å². The third kappa shape index (κ3) is 3.94. The molecule has 4 N–H and O–H groups in total. The van der Waals surface area contributed by atoms with E-state index in [1.165, 1.54) is 6.07 Å². The van der Waals surface area contributed by atoms with Crippen LogP contribution in [0.3, 0.4) is 0 Å². The molecule has 0 bridgehead atoms. The van der Waals surface area contributed by atoms with Crippen LogP contribution in [0.2, 0.25) is 0 Å². The molecule has 0 aliphatic rings. The van der Waals surface area contributed by atoms with Crippen molar-refractivity contribution < 1.29 is 13.2 Å². The van der Waals surface area contributed by atoms with Gasteiger partial charge < -0.3 is 11.5 Å². The molecule has 0 spiro atoms. The van der Waals surface area contributed by atoms with Crippen molar-refractivity contribution in [2.75, 3.05) is 18.8 Å². The van der Waals surface area contributed by atoms with Crippen molar-refractivity contribution in [2.45, 2.75) is 25.7 Å². The van der Waals surface area contributed by atoms with E-state index in [-0.39, 0.29) is 29.6 Å². The second-order valence-electron chi connectivity index (χ2n) is 5.20. The Morgan fingerprint density at radius 2 is 1.95 bits per heavy atom. The predicted octanol–water partition coefficient (Wildman–Crippen LogP) is 0.709. The molecule has 1 amide bonds. The van der Waals surface area contributed by atoms with Gasteiger partial charge in [0.05, 0.1) is 12.2 Å². The maximum atomic E-state index is 12.6. The number of nitrogen functional groups attached to an aromatic ring is 1. The highest BCUT2D eigenvalue weighted by atomic mass is 32.2. The molecule has 7 heteroatoms. The number of hydrogen-bond acceptors (Lipinski definition) is 4. The van der Waals surface area contributed by atoms with E-state index >= 15 is 0 Å². The second kappa shape index (κ2) is 6.23. The Morgan fingerprint density at radius 1 is 1.35 bits per heavy atom. The average molecular weight is 299 g/mol. The van der Waals surface area contributed by atoms with Gasteiger partial charge in [0.1, 0.15) is 4.90 Å². The maximum Gasteiger partial charge on any atom is 0.245 e. The highest BCUT2D eigenvalue weighted by Gasteiger charge is 2.28. The number of amides is 1. The van der Waals surface area contributed by atoms with E-state index < -0.39 is 15.9 Å². The van der Waals surface area contributed by atoms with Gasteiger partial charge in [-0.2, -0.15) is 4.31 Å². The number of anilines is 1. The van der Waals surface area contributed by atoms with Crippen LogP contribution in [0.1, 0.15) is 19.4 Å². The van der Waals surface area contributed by atoms with Crippen LogP contribution in [0.4, 0.5) is 5.69 Å². The Kier molecular flexibility index (Phi) is 5.13. The molecule has 0 aromatic heterocycles. The quantitative estimate of drug-likeness (QED) is 0.754. The molecule has 0 aliphatic heterocycles. The fourth-order valence-corrected chi connectivity index (χ4v) is 3.54. The summed E-state index contributed by atoms with van der Waals surface area (Å²) in [6.45, 7) is 5.40. The van der Waals surface area contributed by atoms with Crippen LogP contribution in [-0.4, -0.2) is 31.7 Å². The smallest absolute Gasteiger partial charge is 0.245 e. The van der Waals surface area contributed by atoms with E-state index in [9.17, 15) is 13.2 Å². The molecule has 0 saturated carbocycles. The summed E-state index contributed by atoms with van der Waals surface area (Å²) in [4.78, 5) is 11.1. The van der Waals surface area contributed by atoms with Gasteiger partial charge in [0.25, 0.3) is 0 Å². The van der Waals surface area contributed by atoms with Gasteiger partial charge in [0, 0.05) is 6.54 Å². The first kappa shape index (κ1) is 16.5. The Balaban J connectivity index is 3.24. The van der Waals surface area contributed by atoms with E-state index in [1.807, 2.05) is 20.8 Å². The van der Waals surface area contributed by atoms with E-state index in [1.54, 1.807) is 12.1 Å². The number of carbonyl (C=O) groups excluding carboxylic acids is 1. The molecule has 0 unspecified atom stereocenters. The topological polar surface area (TPSA) is 106 Å². The van der Waals surface area contributed by atoms with Crippen molar-refractivity contribution >= 4 is 21.6 Å². The molecule has 1 aromatic carbocycles. The lowest BCUT2D eigenvalue weighted by atomic mass is 10.2. The lowest BCUT2D eigenvalue weighted by Crippen LogP contribution is -2.40. The number of hydrogen-bond donors (Lipinski definition) is 2. The van der Waals surface area contributed by atoms with Crippen molar-refractivity contribution in [2.24, 2.45) is 11.7 Å². The fourth-order valence-electron chi connectivity index (χ4n) is 1.87. The van der Waals surface area contributed by atoms with Crippen LogP contribution in [0.5, 0.6) is 0 Å². The third-order valence-corrected chi connectivity index (χ3v) is 4.57. The molecule has 6 nitrogen and oxygen atoms in total. The van der Waals surface area contributed by atoms with Crippen molar-refractivity contribution in [1.82, 2.24) is 4.31 Å². The molecule has 1 rings (SSSR count). The van der Waals surface area contributed by atoms with Crippen LogP contribution in [0.15, 0.2) is 23.1 Å². The van der Waals surface area contributed by atoms with E-state index in [4.69, 9.17) is 11.5 Å². The minimum Gasteiger partial charge on any atom is -0.398 e. The van der Waals surface area contributed by atoms with Crippen LogP contribution in [0.25, 0.3) is 0 Å². The molecular weight excluding hydrogens is 278 g/mol. The van der Waals surface area contributed by atoms with Gasteiger partial charge in [-0.05, 0) is 30.5 Å². The van der Waals surface area contributed by atoms with Crippen LogP contribution in [-0.2, 0) is 14.8 Å². The van der Waals surface area contributed by atoms with Gasteiger partial charge in [0.15, 0.2) is 0 Å². The molecule has 0 heterocycles. The van der Waals surface area contributed by atoms with Crippen molar-refractivity contribution in [3.05, 3.63) is 23.8 Å². The second-order valence-corrected chi connectivity index (χ2v) is 7.11. The normalized spacial score (nSPS) is 12.1. The summed E-state index contributed by atoms with van der Waals surface area (Å²) in [5.41, 5.74) is 12.0. The Morgan fingerprint density at radius 3 is 2.40 bits per heavy atom. The van der Waals surface area contributed by atoms with Gasteiger partial charge in [-0.1, -0.05) is 19.9 Å². The SMILES string of the molecule is Cc1ccc(S(=O)(=O)N(CC(N)=O)CC(C)C)c(N)c1. The number of aryl methyl sites for hydroxylation is 1. The van der Waals surface area contributed by atoms with E-state index in [0.29, 0.717) is 0 Å².